The van der Waals surface area contributed by atoms with E-state index in [0.717, 1.165) is 44.3 Å². The summed E-state index contributed by atoms with van der Waals surface area (Å²) in [7, 11) is 0. The second-order valence-corrected chi connectivity index (χ2v) is 11.2. The first kappa shape index (κ1) is 31.2. The van der Waals surface area contributed by atoms with Crippen molar-refractivity contribution in [3.05, 3.63) is 144 Å². The van der Waals surface area contributed by atoms with Gasteiger partial charge in [0.15, 0.2) is 0 Å². The summed E-state index contributed by atoms with van der Waals surface area (Å²) in [6.45, 7) is 4.19. The minimum absolute atomic E-state index is 0. The van der Waals surface area contributed by atoms with E-state index in [1.807, 2.05) is 121 Å². The molecule has 4 aromatic carbocycles. The SMILES string of the molecule is CC(C)(C(=O)O)C(c1ccc(OCc2ccc3ccccc3n2)cc1)c1ccc(OCc2ccc3ccccc3n2)cc1.[H-].[Na+]. The maximum absolute atomic E-state index is 12.4. The van der Waals surface area contributed by atoms with Crippen LogP contribution in [0.2, 0.25) is 0 Å². The quantitative estimate of drug-likeness (QED) is 0.218. The van der Waals surface area contributed by atoms with Crippen LogP contribution in [0.5, 0.6) is 11.5 Å². The fourth-order valence-electron chi connectivity index (χ4n) is 5.35. The van der Waals surface area contributed by atoms with E-state index in [0.29, 0.717) is 24.7 Å². The van der Waals surface area contributed by atoms with Crippen LogP contribution in [0.15, 0.2) is 121 Å². The van der Waals surface area contributed by atoms with Gasteiger partial charge in [-0.25, -0.2) is 9.97 Å². The Bertz CT molecular complexity index is 1770. The van der Waals surface area contributed by atoms with Crippen LogP contribution in [0.4, 0.5) is 0 Å². The predicted octanol–water partition coefficient (Wildman–Crippen LogP) is 5.30. The summed E-state index contributed by atoms with van der Waals surface area (Å²) < 4.78 is 12.0. The van der Waals surface area contributed by atoms with E-state index < -0.39 is 17.3 Å². The Morgan fingerprint density at radius 3 is 1.48 bits per heavy atom. The van der Waals surface area contributed by atoms with Crippen LogP contribution in [0.3, 0.4) is 0 Å². The van der Waals surface area contributed by atoms with Crippen molar-refractivity contribution >= 4 is 27.8 Å². The molecule has 216 valence electrons. The summed E-state index contributed by atoms with van der Waals surface area (Å²) >= 11 is 0. The summed E-state index contributed by atoms with van der Waals surface area (Å²) in [6, 6.07) is 39.3. The van der Waals surface area contributed by atoms with Crippen molar-refractivity contribution in [3.8, 4) is 11.5 Å². The average Bonchev–Trinajstić information content (AvgIpc) is 3.04. The number of hydrogen-bond acceptors (Lipinski definition) is 5. The van der Waals surface area contributed by atoms with Crippen LogP contribution in [-0.4, -0.2) is 21.0 Å². The number of carboxylic acid groups (broad SMARTS) is 1. The third kappa shape index (κ3) is 6.94. The first-order chi connectivity index (χ1) is 20.9. The molecule has 1 N–H and O–H groups in total. The third-order valence-electron chi connectivity index (χ3n) is 7.79. The molecule has 0 saturated carbocycles. The normalized spacial score (nSPS) is 11.3. The van der Waals surface area contributed by atoms with Gasteiger partial charge in [0, 0.05) is 16.7 Å². The van der Waals surface area contributed by atoms with Crippen molar-refractivity contribution in [2.75, 3.05) is 0 Å². The first-order valence-corrected chi connectivity index (χ1v) is 14.2. The van der Waals surface area contributed by atoms with E-state index >= 15 is 0 Å². The van der Waals surface area contributed by atoms with Crippen LogP contribution in [0.1, 0.15) is 43.7 Å². The smallest absolute Gasteiger partial charge is 1.00 e. The Morgan fingerprint density at radius 1 is 0.659 bits per heavy atom. The number of para-hydroxylation sites is 2. The number of aromatic nitrogens is 2. The van der Waals surface area contributed by atoms with Crippen molar-refractivity contribution in [2.24, 2.45) is 5.41 Å². The van der Waals surface area contributed by atoms with Gasteiger partial charge in [-0.1, -0.05) is 72.8 Å². The van der Waals surface area contributed by atoms with Gasteiger partial charge in [-0.05, 0) is 73.5 Å². The molecule has 0 aliphatic carbocycles. The van der Waals surface area contributed by atoms with Crippen LogP contribution in [0, 0.1) is 5.41 Å². The second-order valence-electron chi connectivity index (χ2n) is 11.2. The van der Waals surface area contributed by atoms with Crippen LogP contribution >= 0.6 is 0 Å². The molecule has 0 aliphatic heterocycles. The molecule has 6 aromatic rings. The summed E-state index contributed by atoms with van der Waals surface area (Å²) in [5, 5.41) is 12.3. The number of hydrogen-bond donors (Lipinski definition) is 1. The third-order valence-corrected chi connectivity index (χ3v) is 7.79. The first-order valence-electron chi connectivity index (χ1n) is 14.2. The molecule has 6 rings (SSSR count). The molecule has 0 bridgehead atoms. The second kappa shape index (κ2) is 13.6. The van der Waals surface area contributed by atoms with Gasteiger partial charge < -0.3 is 16.0 Å². The number of pyridine rings is 2. The molecule has 0 saturated heterocycles. The number of aliphatic carboxylic acids is 1. The Balaban J connectivity index is 0.00000230. The number of nitrogens with zero attached hydrogens (tertiary/aromatic N) is 2. The van der Waals surface area contributed by atoms with Crippen LogP contribution < -0.4 is 39.0 Å². The Hall–Kier alpha value is -4.23. The van der Waals surface area contributed by atoms with Crippen LogP contribution in [0.25, 0.3) is 21.8 Å². The molecule has 0 amide bonds. The molecule has 0 spiro atoms. The van der Waals surface area contributed by atoms with Gasteiger partial charge >= 0.3 is 35.5 Å². The van der Waals surface area contributed by atoms with Crippen molar-refractivity contribution in [1.82, 2.24) is 9.97 Å². The van der Waals surface area contributed by atoms with E-state index in [1.165, 1.54) is 0 Å². The zero-order valence-electron chi connectivity index (χ0n) is 26.1. The fraction of sp³-hybridized carbons (Fsp3) is 0.162. The molecule has 0 atom stereocenters. The fourth-order valence-corrected chi connectivity index (χ4v) is 5.35. The number of carboxylic acids is 1. The average molecular weight is 593 g/mol. The van der Waals surface area contributed by atoms with Crippen LogP contribution in [-0.2, 0) is 18.0 Å². The monoisotopic (exact) mass is 592 g/mol. The number of ether oxygens (including phenoxy) is 2. The molecule has 6 nitrogen and oxygen atoms in total. The number of benzene rings is 4. The number of carbonyl (C=O) groups is 1. The molecular formula is C37H33N2NaO4. The molecular weight excluding hydrogens is 559 g/mol. The van der Waals surface area contributed by atoms with Gasteiger partial charge in [0.25, 0.3) is 0 Å². The van der Waals surface area contributed by atoms with E-state index in [-0.39, 0.29) is 31.0 Å². The molecule has 0 aliphatic rings. The van der Waals surface area contributed by atoms with E-state index in [1.54, 1.807) is 13.8 Å². The minimum atomic E-state index is -1.06. The zero-order chi connectivity index (χ0) is 29.8. The van der Waals surface area contributed by atoms with Crippen molar-refractivity contribution in [2.45, 2.75) is 33.0 Å². The van der Waals surface area contributed by atoms with E-state index in [2.05, 4.69) is 9.97 Å². The van der Waals surface area contributed by atoms with E-state index in [9.17, 15) is 9.90 Å². The van der Waals surface area contributed by atoms with Gasteiger partial charge in [-0.3, -0.25) is 4.79 Å². The molecule has 0 radical (unpaired) electrons. The predicted molar refractivity (Wildman–Crippen MR) is 169 cm³/mol. The van der Waals surface area contributed by atoms with Crippen molar-refractivity contribution in [1.29, 1.82) is 0 Å². The van der Waals surface area contributed by atoms with E-state index in [4.69, 9.17) is 9.47 Å². The number of fused-ring (bicyclic) bond motifs is 2. The van der Waals surface area contributed by atoms with Crippen molar-refractivity contribution in [3.63, 3.8) is 0 Å². The minimum Gasteiger partial charge on any atom is -1.00 e. The standard InChI is InChI=1S/C37H32N2O4.Na.H/c1-37(2,36(40)41)35(27-13-19-31(20-14-27)42-23-29-17-11-25-7-3-5-9-33(25)38-29)28-15-21-32(22-16-28)43-24-30-18-12-26-8-4-6-10-34(26)39-30;;/h3-22,35H,23-24H2,1-2H3,(H,40,41);;/q;+1;-1. The van der Waals surface area contributed by atoms with Gasteiger partial charge in [0.2, 0.25) is 0 Å². The van der Waals surface area contributed by atoms with Gasteiger partial charge in [-0.15, -0.1) is 0 Å². The molecule has 0 unspecified atom stereocenters. The number of rotatable bonds is 10. The summed E-state index contributed by atoms with van der Waals surface area (Å²) in [6.07, 6.45) is 0. The molecule has 2 aromatic heterocycles. The summed E-state index contributed by atoms with van der Waals surface area (Å²) in [5.41, 5.74) is 4.25. The Morgan fingerprint density at radius 2 is 1.07 bits per heavy atom. The molecule has 0 fully saturated rings. The maximum Gasteiger partial charge on any atom is 1.00 e. The molecule has 2 heterocycles. The maximum atomic E-state index is 12.4. The Kier molecular flexibility index (Phi) is 9.64. The van der Waals surface area contributed by atoms with Gasteiger partial charge in [0.05, 0.1) is 27.8 Å². The largest absolute Gasteiger partial charge is 1.00 e. The van der Waals surface area contributed by atoms with Crippen molar-refractivity contribution < 1.29 is 50.4 Å². The Labute approximate surface area is 280 Å². The van der Waals surface area contributed by atoms with Gasteiger partial charge in [-0.2, -0.15) is 0 Å². The molecule has 44 heavy (non-hydrogen) atoms. The van der Waals surface area contributed by atoms with Gasteiger partial charge in [0.1, 0.15) is 24.7 Å². The summed E-state index contributed by atoms with van der Waals surface area (Å²) in [5.74, 6) is 0.119. The summed E-state index contributed by atoms with van der Waals surface area (Å²) in [4.78, 5) is 21.7. The topological polar surface area (TPSA) is 81.5 Å². The molecule has 7 heteroatoms. The zero-order valence-corrected chi connectivity index (χ0v) is 27.1.